The first-order valence-electron chi connectivity index (χ1n) is 26.7. The molecular weight excluding hydrogens is 1210 g/mol. The third-order valence-corrected chi connectivity index (χ3v) is 14.1. The molecule has 0 aliphatic carbocycles. The third kappa shape index (κ3) is 27.4. The fourth-order valence-corrected chi connectivity index (χ4v) is 9.12. The molecule has 0 aliphatic heterocycles. The summed E-state index contributed by atoms with van der Waals surface area (Å²) in [6, 6.07) is 13.4. The summed E-state index contributed by atoms with van der Waals surface area (Å²) in [5.41, 5.74) is 20.8. The van der Waals surface area contributed by atoms with Crippen LogP contribution in [0.5, 0.6) is 23.0 Å². The summed E-state index contributed by atoms with van der Waals surface area (Å²) in [6.07, 6.45) is 2.37. The summed E-state index contributed by atoms with van der Waals surface area (Å²) in [4.78, 5) is 56.4. The molecule has 0 aliphatic rings. The number of halogens is 4. The van der Waals surface area contributed by atoms with Crippen molar-refractivity contribution in [3.8, 4) is 23.0 Å². The summed E-state index contributed by atoms with van der Waals surface area (Å²) in [7, 11) is -6.32. The van der Waals surface area contributed by atoms with E-state index in [4.69, 9.17) is 60.8 Å². The second kappa shape index (κ2) is 37.7. The summed E-state index contributed by atoms with van der Waals surface area (Å²) in [6.45, 7) is 5.13. The number of nitrogens with one attached hydrogen (secondary N) is 4. The number of hydrogen-bond acceptors (Lipinski definition) is 17. The van der Waals surface area contributed by atoms with E-state index in [1.54, 1.807) is 7.05 Å². The monoisotopic (exact) mass is 1280 g/mol. The summed E-state index contributed by atoms with van der Waals surface area (Å²) < 4.78 is 158. The van der Waals surface area contributed by atoms with E-state index in [0.29, 0.717) is 0 Å². The first kappa shape index (κ1) is 72.5. The lowest BCUT2D eigenvalue weighted by Crippen LogP contribution is -2.42. The van der Waals surface area contributed by atoms with Crippen molar-refractivity contribution in [2.75, 3.05) is 126 Å². The first-order valence-corrected chi connectivity index (χ1v) is 29.7. The van der Waals surface area contributed by atoms with Gasteiger partial charge in [0.1, 0.15) is 11.5 Å². The maximum absolute atomic E-state index is 14.8. The Morgan fingerprint density at radius 1 is 0.477 bits per heavy atom. The van der Waals surface area contributed by atoms with Crippen molar-refractivity contribution < 1.29 is 91.5 Å². The number of aliphatic imine (C=N–C) groups is 2. The molecule has 4 aromatic rings. The highest BCUT2D eigenvalue weighted by Gasteiger charge is 2.20. The van der Waals surface area contributed by atoms with Crippen LogP contribution < -0.4 is 52.5 Å². The molecule has 88 heavy (non-hydrogen) atoms. The van der Waals surface area contributed by atoms with E-state index >= 15 is 0 Å². The Hall–Kier alpha value is -7.96. The van der Waals surface area contributed by atoms with Gasteiger partial charge in [-0.2, -0.15) is 9.98 Å². The molecule has 0 heterocycles. The predicted molar refractivity (Wildman–Crippen MR) is 313 cm³/mol. The van der Waals surface area contributed by atoms with Crippen LogP contribution in [0.2, 0.25) is 0 Å². The average Bonchev–Trinajstić information content (AvgIpc) is 1.53. The number of rotatable bonds is 40. The van der Waals surface area contributed by atoms with E-state index in [2.05, 4.69) is 30.1 Å². The molecule has 12 N–H and O–H groups in total. The molecule has 482 valence electrons. The van der Waals surface area contributed by atoms with Gasteiger partial charge in [0.15, 0.2) is 46.7 Å². The Labute approximate surface area is 505 Å². The topological polar surface area (TPSA) is 391 Å². The van der Waals surface area contributed by atoms with Gasteiger partial charge in [-0.15, -0.1) is 0 Å². The minimum Gasteiger partial charge on any atom is -0.451 e. The van der Waals surface area contributed by atoms with Gasteiger partial charge in [-0.1, -0.05) is 0 Å². The van der Waals surface area contributed by atoms with Crippen molar-refractivity contribution >= 4 is 67.7 Å². The number of nitrogens with two attached hydrogens (primary N) is 4. The molecule has 4 amide bonds. The molecule has 4 aromatic carbocycles. The zero-order valence-electron chi connectivity index (χ0n) is 48.3. The van der Waals surface area contributed by atoms with E-state index in [1.165, 1.54) is 79.4 Å². The molecular formula is C55H71F4N11O16S2. The fourth-order valence-electron chi connectivity index (χ4n) is 7.09. The van der Waals surface area contributed by atoms with E-state index < -0.39 is 78.5 Å². The molecule has 0 radical (unpaired) electrons. The zero-order chi connectivity index (χ0) is 64.7. The second-order valence-electron chi connectivity index (χ2n) is 18.5. The first-order chi connectivity index (χ1) is 41.8. The average molecular weight is 1280 g/mol. The lowest BCUT2D eigenvalue weighted by molar-refractivity contribution is -0.125. The number of guanidine groups is 2. The van der Waals surface area contributed by atoms with Crippen LogP contribution in [0.25, 0.3) is 12.2 Å². The van der Waals surface area contributed by atoms with E-state index in [-0.39, 0.29) is 174 Å². The molecule has 0 aromatic heterocycles. The molecule has 0 saturated heterocycles. The smallest absolute Gasteiger partial charge is 0.275 e. The molecule has 33 heteroatoms. The molecule has 0 spiro atoms. The lowest BCUT2D eigenvalue weighted by Gasteiger charge is -2.16. The van der Waals surface area contributed by atoms with Crippen LogP contribution in [0.4, 0.5) is 17.6 Å². The van der Waals surface area contributed by atoms with Crippen molar-refractivity contribution in [1.82, 2.24) is 25.0 Å². The highest BCUT2D eigenvalue weighted by Crippen LogP contribution is 2.32. The molecule has 0 saturated carbocycles. The van der Waals surface area contributed by atoms with Gasteiger partial charge in [-0.25, -0.2) is 43.8 Å². The van der Waals surface area contributed by atoms with Gasteiger partial charge in [-0.3, -0.25) is 24.1 Å². The van der Waals surface area contributed by atoms with Gasteiger partial charge < -0.3 is 71.5 Å². The van der Waals surface area contributed by atoms with Crippen molar-refractivity contribution in [2.45, 2.75) is 23.6 Å². The van der Waals surface area contributed by atoms with Crippen LogP contribution in [0.3, 0.4) is 0 Å². The van der Waals surface area contributed by atoms with Gasteiger partial charge in [0.25, 0.3) is 11.8 Å². The van der Waals surface area contributed by atoms with Crippen molar-refractivity contribution in [3.05, 3.63) is 118 Å². The van der Waals surface area contributed by atoms with Crippen molar-refractivity contribution in [3.63, 3.8) is 0 Å². The summed E-state index contributed by atoms with van der Waals surface area (Å²) in [5.74, 6) is -9.06. The molecule has 0 atom stereocenters. The number of amides is 4. The van der Waals surface area contributed by atoms with Crippen LogP contribution in [-0.4, -0.2) is 183 Å². The maximum Gasteiger partial charge on any atom is 0.275 e. The third-order valence-electron chi connectivity index (χ3n) is 11.2. The van der Waals surface area contributed by atoms with Crippen LogP contribution in [0, 0.1) is 23.3 Å². The number of benzene rings is 4. The second-order valence-corrected chi connectivity index (χ2v) is 22.0. The Bertz CT molecular complexity index is 3060. The lowest BCUT2D eigenvalue weighted by atomic mass is 10.1. The minimum absolute atomic E-state index is 0.00443. The van der Waals surface area contributed by atoms with Gasteiger partial charge in [0.2, 0.25) is 31.9 Å². The highest BCUT2D eigenvalue weighted by atomic mass is 32.2. The van der Waals surface area contributed by atoms with Gasteiger partial charge in [0, 0.05) is 37.3 Å². The minimum atomic E-state index is -3.97. The zero-order valence-corrected chi connectivity index (χ0v) is 50.0. The normalized spacial score (nSPS) is 12.0. The Morgan fingerprint density at radius 3 is 1.06 bits per heavy atom. The summed E-state index contributed by atoms with van der Waals surface area (Å²) >= 11 is 0. The van der Waals surface area contributed by atoms with E-state index in [9.17, 15) is 53.6 Å². The molecule has 4 rings (SSSR count). The van der Waals surface area contributed by atoms with Crippen LogP contribution >= 0.6 is 0 Å². The number of likely N-dealkylation sites (N-methyl/N-ethyl adjacent to an activating group) is 1. The summed E-state index contributed by atoms with van der Waals surface area (Å²) in [5, 5.41) is 5.40. The highest BCUT2D eigenvalue weighted by molar-refractivity contribution is 7.89. The number of carbonyl (C=O) groups excluding carboxylic acids is 4. The number of ether oxygens (including phenoxy) is 8. The Morgan fingerprint density at radius 2 is 0.761 bits per heavy atom. The van der Waals surface area contributed by atoms with Crippen LogP contribution in [0.15, 0.2) is 104 Å². The van der Waals surface area contributed by atoms with Crippen molar-refractivity contribution in [2.24, 2.45) is 32.9 Å². The van der Waals surface area contributed by atoms with Crippen molar-refractivity contribution in [1.29, 1.82) is 0 Å². The molecule has 0 fully saturated rings. The van der Waals surface area contributed by atoms with Crippen LogP contribution in [0.1, 0.15) is 25.0 Å². The fraction of sp³-hybridized carbons (Fsp3) is 0.382. The van der Waals surface area contributed by atoms with Gasteiger partial charge in [-0.05, 0) is 117 Å². The van der Waals surface area contributed by atoms with E-state index in [1.807, 2.05) is 0 Å². The largest absolute Gasteiger partial charge is 0.451 e. The molecule has 0 bridgehead atoms. The number of hydrogen-bond donors (Lipinski definition) is 8. The van der Waals surface area contributed by atoms with Gasteiger partial charge >= 0.3 is 0 Å². The SMILES string of the molecule is C/C(=C/c1cc(F)c(Oc2ccc(S(=O)(=O)NCCOCCOCCOCCNC(=O)CN(C)CC(=O)NCCOCCOCCOCCNS(=O)(=O)c3ccc(Oc4c(F)cc(/C=C(\C)C(=O)N=C(N)N)cc4F)cc3)cc2)c(F)c1)C(=O)N=C(N)N. The quantitative estimate of drug-likeness (QED) is 0.0103. The predicted octanol–water partition coefficient (Wildman–Crippen LogP) is 1.75. The maximum atomic E-state index is 14.8. The Balaban J connectivity index is 0.927. The standard InChI is InChI=1S/C55H71F4N11O16S2/c1-36(52(73)68-54(60)61)28-38-30-44(56)50(45(57)31-38)85-40-4-8-42(9-5-40)87(75,76)66-14-18-81-22-26-83-24-20-79-16-12-64-48(71)34-70(3)35-49(72)65-13-17-80-21-25-84-27-23-82-19-15-67-88(77,78)43-10-6-41(7-11-43)86-51-46(58)32-39(33-47(51)59)29-37(2)53(74)69-55(62)63/h4-11,28-33,66-67H,12-27,34-35H2,1-3H3,(H,64,71)(H,65,72)(H4,60,61,68,73)(H4,62,63,69,74)/b36-28-,37-29+. The number of carbonyl (C=O) groups is 4. The molecule has 0 unspecified atom stereocenters. The number of nitrogens with zero attached hydrogens (tertiary/aromatic N) is 3. The van der Waals surface area contributed by atoms with Gasteiger partial charge in [0.05, 0.1) is 102 Å². The Kier molecular flexibility index (Phi) is 31.0. The van der Waals surface area contributed by atoms with Crippen LogP contribution in [-0.2, 0) is 67.6 Å². The molecule has 27 nitrogen and oxygen atoms in total. The number of sulfonamides is 2. The van der Waals surface area contributed by atoms with E-state index in [0.717, 1.165) is 24.3 Å².